The molecule has 1 aliphatic rings. The smallest absolute Gasteiger partial charge is 0.362 e. The number of hydrogen-bond acceptors (Lipinski definition) is 5. The SMILES string of the molecule is CCOC(=O)C1(O)CC(CC)=NN1C(=O)c1cccc(Br)c1. The minimum absolute atomic E-state index is 0.0396. The minimum Gasteiger partial charge on any atom is -0.462 e. The van der Waals surface area contributed by atoms with E-state index in [1.54, 1.807) is 31.2 Å². The first kappa shape index (κ1) is 16.6. The van der Waals surface area contributed by atoms with E-state index in [4.69, 9.17) is 4.74 Å². The Labute approximate surface area is 136 Å². The van der Waals surface area contributed by atoms with Crippen molar-refractivity contribution in [2.45, 2.75) is 32.4 Å². The summed E-state index contributed by atoms with van der Waals surface area (Å²) in [7, 11) is 0. The second-order valence-corrected chi connectivity index (χ2v) is 5.78. The van der Waals surface area contributed by atoms with Gasteiger partial charge in [0.15, 0.2) is 0 Å². The van der Waals surface area contributed by atoms with Gasteiger partial charge < -0.3 is 9.84 Å². The van der Waals surface area contributed by atoms with E-state index in [1.807, 2.05) is 6.92 Å². The molecule has 7 heteroatoms. The summed E-state index contributed by atoms with van der Waals surface area (Å²) in [4.78, 5) is 24.7. The zero-order valence-corrected chi connectivity index (χ0v) is 14.0. The van der Waals surface area contributed by atoms with Crippen LogP contribution in [0.1, 0.15) is 37.0 Å². The number of carbonyl (C=O) groups is 2. The van der Waals surface area contributed by atoms with Crippen LogP contribution in [0.2, 0.25) is 0 Å². The van der Waals surface area contributed by atoms with Crippen LogP contribution in [0.4, 0.5) is 0 Å². The molecule has 2 rings (SSSR count). The molecule has 1 aromatic carbocycles. The van der Waals surface area contributed by atoms with E-state index in [0.29, 0.717) is 17.7 Å². The van der Waals surface area contributed by atoms with E-state index in [9.17, 15) is 14.7 Å². The third kappa shape index (κ3) is 3.05. The van der Waals surface area contributed by atoms with Gasteiger partial charge in [-0.15, -0.1) is 0 Å². The normalized spacial score (nSPS) is 20.7. The Kier molecular flexibility index (Phi) is 4.97. The number of nitrogens with zero attached hydrogens (tertiary/aromatic N) is 2. The lowest BCUT2D eigenvalue weighted by molar-refractivity contribution is -0.179. The number of carbonyl (C=O) groups excluding carboxylic acids is 2. The number of hydrazone groups is 1. The molecule has 1 aromatic rings. The maximum absolute atomic E-state index is 12.6. The Morgan fingerprint density at radius 3 is 2.77 bits per heavy atom. The van der Waals surface area contributed by atoms with Crippen molar-refractivity contribution >= 4 is 33.5 Å². The molecule has 0 saturated carbocycles. The van der Waals surface area contributed by atoms with Crippen LogP contribution in [0.25, 0.3) is 0 Å². The van der Waals surface area contributed by atoms with Gasteiger partial charge in [0.25, 0.3) is 11.6 Å². The van der Waals surface area contributed by atoms with E-state index >= 15 is 0 Å². The average Bonchev–Trinajstić information content (AvgIpc) is 2.85. The Morgan fingerprint density at radius 1 is 1.45 bits per heavy atom. The molecular formula is C15H17BrN2O4. The Morgan fingerprint density at radius 2 is 2.18 bits per heavy atom. The minimum atomic E-state index is -2.08. The largest absolute Gasteiger partial charge is 0.462 e. The van der Waals surface area contributed by atoms with Crippen molar-refractivity contribution in [3.63, 3.8) is 0 Å². The summed E-state index contributed by atoms with van der Waals surface area (Å²) in [5, 5.41) is 15.6. The maximum atomic E-state index is 12.6. The van der Waals surface area contributed by atoms with Crippen molar-refractivity contribution in [2.75, 3.05) is 6.61 Å². The van der Waals surface area contributed by atoms with E-state index in [-0.39, 0.29) is 13.0 Å². The van der Waals surface area contributed by atoms with Gasteiger partial charge in [0.05, 0.1) is 6.61 Å². The molecule has 0 aliphatic carbocycles. The number of benzene rings is 1. The molecule has 1 aliphatic heterocycles. The molecule has 22 heavy (non-hydrogen) atoms. The Balaban J connectivity index is 2.37. The van der Waals surface area contributed by atoms with E-state index < -0.39 is 17.6 Å². The highest BCUT2D eigenvalue weighted by atomic mass is 79.9. The molecule has 1 N–H and O–H groups in total. The van der Waals surface area contributed by atoms with Crippen molar-refractivity contribution in [1.29, 1.82) is 0 Å². The third-order valence-electron chi connectivity index (χ3n) is 3.32. The van der Waals surface area contributed by atoms with Crippen LogP contribution >= 0.6 is 15.9 Å². The number of amides is 1. The summed E-state index contributed by atoms with van der Waals surface area (Å²) >= 11 is 3.29. The fourth-order valence-corrected chi connectivity index (χ4v) is 2.58. The molecule has 1 atom stereocenters. The zero-order chi connectivity index (χ0) is 16.3. The predicted molar refractivity (Wildman–Crippen MR) is 84.2 cm³/mol. The van der Waals surface area contributed by atoms with E-state index in [2.05, 4.69) is 21.0 Å². The predicted octanol–water partition coefficient (Wildman–Crippen LogP) is 2.31. The van der Waals surface area contributed by atoms with Gasteiger partial charge in [-0.3, -0.25) is 4.79 Å². The van der Waals surface area contributed by atoms with Gasteiger partial charge in [-0.2, -0.15) is 10.1 Å². The number of esters is 1. The number of rotatable bonds is 4. The van der Waals surface area contributed by atoms with Crippen molar-refractivity contribution < 1.29 is 19.4 Å². The van der Waals surface area contributed by atoms with Gasteiger partial charge in [-0.25, -0.2) is 4.79 Å². The van der Waals surface area contributed by atoms with Gasteiger partial charge in [0.2, 0.25) is 0 Å². The van der Waals surface area contributed by atoms with Crippen molar-refractivity contribution in [3.05, 3.63) is 34.3 Å². The number of aliphatic hydroxyl groups is 1. The van der Waals surface area contributed by atoms with Crippen molar-refractivity contribution in [1.82, 2.24) is 5.01 Å². The highest BCUT2D eigenvalue weighted by Crippen LogP contribution is 2.30. The van der Waals surface area contributed by atoms with Crippen LogP contribution in [0.3, 0.4) is 0 Å². The number of ether oxygens (including phenoxy) is 1. The fourth-order valence-electron chi connectivity index (χ4n) is 2.18. The molecule has 1 heterocycles. The molecule has 0 spiro atoms. The van der Waals surface area contributed by atoms with E-state index in [0.717, 1.165) is 9.48 Å². The Hall–Kier alpha value is -1.73. The molecule has 1 amide bonds. The maximum Gasteiger partial charge on any atom is 0.362 e. The van der Waals surface area contributed by atoms with Crippen LogP contribution in [-0.2, 0) is 9.53 Å². The first-order valence-electron chi connectivity index (χ1n) is 6.98. The average molecular weight is 369 g/mol. The van der Waals surface area contributed by atoms with E-state index in [1.165, 1.54) is 0 Å². The second kappa shape index (κ2) is 6.58. The quantitative estimate of drug-likeness (QED) is 0.827. The lowest BCUT2D eigenvalue weighted by Crippen LogP contribution is -2.53. The molecule has 0 bridgehead atoms. The van der Waals surface area contributed by atoms with Crippen molar-refractivity contribution in [3.8, 4) is 0 Å². The lowest BCUT2D eigenvalue weighted by Gasteiger charge is -2.28. The molecule has 0 aromatic heterocycles. The summed E-state index contributed by atoms with van der Waals surface area (Å²) in [5.74, 6) is -1.43. The third-order valence-corrected chi connectivity index (χ3v) is 3.81. The summed E-state index contributed by atoms with van der Waals surface area (Å²) in [5.41, 5.74) is -1.20. The molecule has 0 saturated heterocycles. The number of halogens is 1. The van der Waals surface area contributed by atoms with Crippen LogP contribution in [0, 0.1) is 0 Å². The summed E-state index contributed by atoms with van der Waals surface area (Å²) in [6.07, 6.45) is 0.492. The molecule has 118 valence electrons. The van der Waals surface area contributed by atoms with Crippen LogP contribution in [0.15, 0.2) is 33.8 Å². The first-order valence-corrected chi connectivity index (χ1v) is 7.77. The topological polar surface area (TPSA) is 79.2 Å². The highest BCUT2D eigenvalue weighted by Gasteiger charge is 2.51. The standard InChI is InChI=1S/C15H17BrN2O4/c1-3-12-9-15(21,14(20)22-4-2)18(17-12)13(19)10-6-5-7-11(16)8-10/h5-8,21H,3-4,9H2,1-2H3. The van der Waals surface area contributed by atoms with Gasteiger partial charge in [-0.05, 0) is 31.5 Å². The molecule has 0 radical (unpaired) electrons. The molecule has 0 fully saturated rings. The van der Waals surface area contributed by atoms with Crippen LogP contribution in [0.5, 0.6) is 0 Å². The zero-order valence-electron chi connectivity index (χ0n) is 12.4. The van der Waals surface area contributed by atoms with Crippen molar-refractivity contribution in [2.24, 2.45) is 5.10 Å². The molecular weight excluding hydrogens is 352 g/mol. The van der Waals surface area contributed by atoms with Gasteiger partial charge >= 0.3 is 5.97 Å². The second-order valence-electron chi connectivity index (χ2n) is 4.86. The summed E-state index contributed by atoms with van der Waals surface area (Å²) in [6, 6.07) is 6.67. The monoisotopic (exact) mass is 368 g/mol. The fraction of sp³-hybridized carbons (Fsp3) is 0.400. The van der Waals surface area contributed by atoms with Gasteiger partial charge in [0, 0.05) is 22.2 Å². The number of hydrogen-bond donors (Lipinski definition) is 1. The summed E-state index contributed by atoms with van der Waals surface area (Å²) in [6.45, 7) is 3.59. The first-order chi connectivity index (χ1) is 10.4. The van der Waals surface area contributed by atoms with Crippen LogP contribution in [-0.4, -0.2) is 40.0 Å². The van der Waals surface area contributed by atoms with Gasteiger partial charge in [-0.1, -0.05) is 28.9 Å². The molecule has 6 nitrogen and oxygen atoms in total. The van der Waals surface area contributed by atoms with Gasteiger partial charge in [0.1, 0.15) is 0 Å². The van der Waals surface area contributed by atoms with Crippen LogP contribution < -0.4 is 0 Å². The Bertz CT molecular complexity index is 632. The highest BCUT2D eigenvalue weighted by molar-refractivity contribution is 9.10. The summed E-state index contributed by atoms with van der Waals surface area (Å²) < 4.78 is 5.62. The molecule has 1 unspecified atom stereocenters. The lowest BCUT2D eigenvalue weighted by atomic mass is 10.0.